The average molecular weight is 191 g/mol. The molecule has 6 heteroatoms. The highest BCUT2D eigenvalue weighted by Gasteiger charge is 2.08. The van der Waals surface area contributed by atoms with Crippen LogP contribution in [0.2, 0.25) is 0 Å². The fourth-order valence-corrected chi connectivity index (χ4v) is 1.02. The summed E-state index contributed by atoms with van der Waals surface area (Å²) in [6.07, 6.45) is 1.60. The zero-order valence-corrected chi connectivity index (χ0v) is 7.64. The summed E-state index contributed by atoms with van der Waals surface area (Å²) < 4.78 is 4.95. The highest BCUT2D eigenvalue weighted by molar-refractivity contribution is 5.46. The standard InChI is InChI=1S/C8H9N5O/c1-5-11-8(14-13-5)7-2-6(3-9)4-10-12-7/h2,4H,3,9H2,1H3. The van der Waals surface area contributed by atoms with Crippen LogP contribution in [-0.2, 0) is 6.54 Å². The van der Waals surface area contributed by atoms with Gasteiger partial charge < -0.3 is 10.3 Å². The summed E-state index contributed by atoms with van der Waals surface area (Å²) in [6.45, 7) is 2.16. The van der Waals surface area contributed by atoms with E-state index in [9.17, 15) is 0 Å². The summed E-state index contributed by atoms with van der Waals surface area (Å²) in [5.74, 6) is 0.935. The van der Waals surface area contributed by atoms with Crippen molar-refractivity contribution in [2.75, 3.05) is 0 Å². The molecule has 0 aromatic carbocycles. The minimum atomic E-state index is 0.366. The lowest BCUT2D eigenvalue weighted by molar-refractivity contribution is 0.424. The van der Waals surface area contributed by atoms with E-state index >= 15 is 0 Å². The molecule has 0 aliphatic carbocycles. The summed E-state index contributed by atoms with van der Waals surface area (Å²) in [4.78, 5) is 4.04. The first-order valence-corrected chi connectivity index (χ1v) is 4.12. The molecular formula is C8H9N5O. The van der Waals surface area contributed by atoms with Crippen molar-refractivity contribution in [3.8, 4) is 11.6 Å². The number of hydrogen-bond donors (Lipinski definition) is 1. The number of nitrogens with zero attached hydrogens (tertiary/aromatic N) is 4. The maximum atomic E-state index is 5.47. The van der Waals surface area contributed by atoms with E-state index in [1.54, 1.807) is 19.2 Å². The highest BCUT2D eigenvalue weighted by Crippen LogP contribution is 2.13. The molecule has 72 valence electrons. The molecule has 2 aromatic heterocycles. The van der Waals surface area contributed by atoms with Crippen molar-refractivity contribution >= 4 is 0 Å². The highest BCUT2D eigenvalue weighted by atomic mass is 16.5. The van der Waals surface area contributed by atoms with E-state index < -0.39 is 0 Å². The summed E-state index contributed by atoms with van der Waals surface area (Å²) in [5.41, 5.74) is 6.90. The molecule has 14 heavy (non-hydrogen) atoms. The van der Waals surface area contributed by atoms with E-state index in [0.29, 0.717) is 24.0 Å². The third-order valence-corrected chi connectivity index (χ3v) is 1.69. The fourth-order valence-electron chi connectivity index (χ4n) is 1.02. The van der Waals surface area contributed by atoms with Gasteiger partial charge in [-0.2, -0.15) is 10.1 Å². The first-order valence-electron chi connectivity index (χ1n) is 4.12. The Bertz CT molecular complexity index is 439. The minimum absolute atomic E-state index is 0.366. The van der Waals surface area contributed by atoms with Crippen molar-refractivity contribution in [1.29, 1.82) is 0 Å². The van der Waals surface area contributed by atoms with Gasteiger partial charge in [0.05, 0.1) is 6.20 Å². The molecule has 0 saturated heterocycles. The summed E-state index contributed by atoms with van der Waals surface area (Å²) >= 11 is 0. The van der Waals surface area contributed by atoms with Crippen LogP contribution in [0.25, 0.3) is 11.6 Å². The Morgan fingerprint density at radius 3 is 3.00 bits per heavy atom. The molecule has 0 atom stereocenters. The van der Waals surface area contributed by atoms with Gasteiger partial charge in [0.15, 0.2) is 11.5 Å². The van der Waals surface area contributed by atoms with Crippen molar-refractivity contribution < 1.29 is 4.52 Å². The van der Waals surface area contributed by atoms with Crippen molar-refractivity contribution in [2.24, 2.45) is 5.73 Å². The van der Waals surface area contributed by atoms with Gasteiger partial charge >= 0.3 is 0 Å². The van der Waals surface area contributed by atoms with Gasteiger partial charge in [0.2, 0.25) is 0 Å². The average Bonchev–Trinajstić information content (AvgIpc) is 2.65. The van der Waals surface area contributed by atoms with E-state index in [1.165, 1.54) is 0 Å². The zero-order valence-electron chi connectivity index (χ0n) is 7.64. The second-order valence-electron chi connectivity index (χ2n) is 2.80. The van der Waals surface area contributed by atoms with Crippen molar-refractivity contribution in [1.82, 2.24) is 20.3 Å². The van der Waals surface area contributed by atoms with Gasteiger partial charge in [0.25, 0.3) is 5.89 Å². The topological polar surface area (TPSA) is 90.7 Å². The Morgan fingerprint density at radius 1 is 1.50 bits per heavy atom. The zero-order chi connectivity index (χ0) is 9.97. The summed E-state index contributed by atoms with van der Waals surface area (Å²) in [7, 11) is 0. The van der Waals surface area contributed by atoms with Crippen molar-refractivity contribution in [3.63, 3.8) is 0 Å². The molecule has 0 spiro atoms. The lowest BCUT2D eigenvalue weighted by Crippen LogP contribution is -1.99. The molecule has 0 aliphatic rings. The molecule has 2 aromatic rings. The normalized spacial score (nSPS) is 10.4. The van der Waals surface area contributed by atoms with Gasteiger partial charge in [0.1, 0.15) is 0 Å². The van der Waals surface area contributed by atoms with Crippen LogP contribution in [0.1, 0.15) is 11.4 Å². The predicted molar refractivity (Wildman–Crippen MR) is 48.0 cm³/mol. The predicted octanol–water partition coefficient (Wildman–Crippen LogP) is 0.294. The van der Waals surface area contributed by atoms with Crippen LogP contribution < -0.4 is 5.73 Å². The maximum Gasteiger partial charge on any atom is 0.278 e. The first-order chi connectivity index (χ1) is 6.79. The molecule has 2 heterocycles. The van der Waals surface area contributed by atoms with Crippen LogP contribution in [-0.4, -0.2) is 20.3 Å². The van der Waals surface area contributed by atoms with Crippen LogP contribution in [0.3, 0.4) is 0 Å². The number of hydrogen-bond acceptors (Lipinski definition) is 6. The summed E-state index contributed by atoms with van der Waals surface area (Å²) in [5, 5.41) is 11.3. The van der Waals surface area contributed by atoms with Crippen molar-refractivity contribution in [3.05, 3.63) is 23.7 Å². The van der Waals surface area contributed by atoms with Gasteiger partial charge in [-0.15, -0.1) is 5.10 Å². The van der Waals surface area contributed by atoms with Crippen LogP contribution in [0.5, 0.6) is 0 Å². The molecule has 0 aliphatic heterocycles. The molecule has 0 amide bonds. The Labute approximate surface area is 80.2 Å². The Hall–Kier alpha value is -1.82. The van der Waals surface area contributed by atoms with Gasteiger partial charge in [-0.25, -0.2) is 0 Å². The molecule has 6 nitrogen and oxygen atoms in total. The molecular weight excluding hydrogens is 182 g/mol. The Morgan fingerprint density at radius 2 is 2.36 bits per heavy atom. The van der Waals surface area contributed by atoms with Gasteiger partial charge in [-0.1, -0.05) is 5.16 Å². The van der Waals surface area contributed by atoms with E-state index in [2.05, 4.69) is 20.3 Å². The number of aromatic nitrogens is 4. The quantitative estimate of drug-likeness (QED) is 0.733. The molecule has 0 bridgehead atoms. The molecule has 0 saturated carbocycles. The Balaban J connectivity index is 2.41. The van der Waals surface area contributed by atoms with E-state index in [1.807, 2.05) is 0 Å². The lowest BCUT2D eigenvalue weighted by atomic mass is 10.2. The van der Waals surface area contributed by atoms with Crippen LogP contribution in [0.4, 0.5) is 0 Å². The second-order valence-corrected chi connectivity index (χ2v) is 2.80. The van der Waals surface area contributed by atoms with Crippen LogP contribution >= 0.6 is 0 Å². The number of rotatable bonds is 2. The SMILES string of the molecule is Cc1noc(-c2cc(CN)cnn2)n1. The van der Waals surface area contributed by atoms with Crippen LogP contribution in [0, 0.1) is 6.92 Å². The smallest absolute Gasteiger partial charge is 0.278 e. The van der Waals surface area contributed by atoms with E-state index in [4.69, 9.17) is 10.3 Å². The summed E-state index contributed by atoms with van der Waals surface area (Å²) in [6, 6.07) is 1.78. The molecule has 2 N–H and O–H groups in total. The van der Waals surface area contributed by atoms with Crippen LogP contribution in [0.15, 0.2) is 16.8 Å². The lowest BCUT2D eigenvalue weighted by Gasteiger charge is -1.95. The third kappa shape index (κ3) is 1.60. The van der Waals surface area contributed by atoms with Crippen molar-refractivity contribution in [2.45, 2.75) is 13.5 Å². The Kier molecular flexibility index (Phi) is 2.19. The van der Waals surface area contributed by atoms with Gasteiger partial charge in [-0.3, -0.25) is 0 Å². The third-order valence-electron chi connectivity index (χ3n) is 1.69. The number of aryl methyl sites for hydroxylation is 1. The van der Waals surface area contributed by atoms with Gasteiger partial charge in [0, 0.05) is 6.54 Å². The monoisotopic (exact) mass is 191 g/mol. The van der Waals surface area contributed by atoms with E-state index in [0.717, 1.165) is 5.56 Å². The molecule has 0 fully saturated rings. The molecule has 2 rings (SSSR count). The number of nitrogens with two attached hydrogens (primary N) is 1. The molecule has 0 radical (unpaired) electrons. The fraction of sp³-hybridized carbons (Fsp3) is 0.250. The largest absolute Gasteiger partial charge is 0.332 e. The second kappa shape index (κ2) is 3.51. The first kappa shape index (κ1) is 8.76. The molecule has 0 unspecified atom stereocenters. The van der Waals surface area contributed by atoms with E-state index in [-0.39, 0.29) is 0 Å². The van der Waals surface area contributed by atoms with Gasteiger partial charge in [-0.05, 0) is 18.6 Å². The minimum Gasteiger partial charge on any atom is -0.332 e. The maximum absolute atomic E-state index is 5.47.